The van der Waals surface area contributed by atoms with E-state index in [-0.39, 0.29) is 6.04 Å². The van der Waals surface area contributed by atoms with Crippen molar-refractivity contribution in [2.45, 2.75) is 54.7 Å². The molecule has 1 aliphatic carbocycles. The Kier molecular flexibility index (Phi) is 6.14. The van der Waals surface area contributed by atoms with Crippen LogP contribution in [0.3, 0.4) is 0 Å². The lowest BCUT2D eigenvalue weighted by molar-refractivity contribution is 0.421. The fourth-order valence-corrected chi connectivity index (χ4v) is 6.43. The zero-order chi connectivity index (χ0) is 15.5. The second-order valence-corrected chi connectivity index (χ2v) is 9.76. The molecule has 120 valence electrons. The Labute approximate surface area is 136 Å². The molecule has 2 atom stereocenters. The van der Waals surface area contributed by atoms with Crippen LogP contribution in [0.15, 0.2) is 10.3 Å². The van der Waals surface area contributed by atoms with Crippen molar-refractivity contribution in [1.29, 1.82) is 0 Å². The van der Waals surface area contributed by atoms with Crippen molar-refractivity contribution in [1.82, 2.24) is 10.0 Å². The minimum atomic E-state index is -3.38. The Balaban J connectivity index is 2.09. The lowest BCUT2D eigenvalue weighted by Gasteiger charge is -2.28. The Morgan fingerprint density at radius 3 is 2.86 bits per heavy atom. The fraction of sp³-hybridized carbons (Fsp3) is 0.714. The number of thiophene rings is 1. The number of rotatable bonds is 6. The topological polar surface area (TPSA) is 58.2 Å². The first-order valence-electron chi connectivity index (χ1n) is 7.25. The van der Waals surface area contributed by atoms with Crippen LogP contribution in [0.2, 0.25) is 0 Å². The molecular weight excluding hydrogens is 324 g/mol. The molecule has 0 saturated heterocycles. The third-order valence-electron chi connectivity index (χ3n) is 3.88. The van der Waals surface area contributed by atoms with Crippen LogP contribution in [-0.4, -0.2) is 33.0 Å². The van der Waals surface area contributed by atoms with E-state index in [0.29, 0.717) is 16.0 Å². The molecule has 2 unspecified atom stereocenters. The molecule has 7 heteroatoms. The lowest BCUT2D eigenvalue weighted by atomic mass is 9.96. The molecule has 0 aliphatic heterocycles. The van der Waals surface area contributed by atoms with Crippen molar-refractivity contribution in [3.05, 3.63) is 16.5 Å². The van der Waals surface area contributed by atoms with Gasteiger partial charge in [0.25, 0.3) is 0 Å². The van der Waals surface area contributed by atoms with Crippen LogP contribution in [0.5, 0.6) is 0 Å². The average molecular weight is 349 g/mol. The molecule has 1 saturated carbocycles. The van der Waals surface area contributed by atoms with Gasteiger partial charge in [0.1, 0.15) is 4.21 Å². The molecule has 1 aliphatic rings. The van der Waals surface area contributed by atoms with E-state index in [4.69, 9.17) is 0 Å². The molecule has 0 aromatic carbocycles. The molecule has 0 amide bonds. The van der Waals surface area contributed by atoms with Gasteiger partial charge in [0.05, 0.1) is 0 Å². The molecule has 1 aromatic rings. The summed E-state index contributed by atoms with van der Waals surface area (Å²) in [6.07, 6.45) is 6.29. The second-order valence-electron chi connectivity index (χ2n) is 5.54. The molecule has 1 fully saturated rings. The van der Waals surface area contributed by atoms with Gasteiger partial charge < -0.3 is 5.32 Å². The fourth-order valence-electron chi connectivity index (χ4n) is 2.70. The van der Waals surface area contributed by atoms with Gasteiger partial charge in [-0.25, -0.2) is 13.1 Å². The van der Waals surface area contributed by atoms with E-state index >= 15 is 0 Å². The molecular formula is C14H24N2O2S3. The van der Waals surface area contributed by atoms with Gasteiger partial charge in [0.15, 0.2) is 0 Å². The summed E-state index contributed by atoms with van der Waals surface area (Å²) in [6, 6.07) is 1.87. The highest BCUT2D eigenvalue weighted by molar-refractivity contribution is 7.99. The van der Waals surface area contributed by atoms with Crippen molar-refractivity contribution in [3.63, 3.8) is 0 Å². The second kappa shape index (κ2) is 7.46. The summed E-state index contributed by atoms with van der Waals surface area (Å²) < 4.78 is 28.4. The van der Waals surface area contributed by atoms with Gasteiger partial charge in [0.2, 0.25) is 10.0 Å². The summed E-state index contributed by atoms with van der Waals surface area (Å²) in [5.74, 6) is 0. The summed E-state index contributed by atoms with van der Waals surface area (Å²) in [7, 11) is -1.51. The Bertz CT molecular complexity index is 569. The predicted octanol–water partition coefficient (Wildman–Crippen LogP) is 2.73. The summed E-state index contributed by atoms with van der Waals surface area (Å²) in [6.45, 7) is 2.68. The first kappa shape index (κ1) is 17.3. The monoisotopic (exact) mass is 348 g/mol. The smallest absolute Gasteiger partial charge is 0.250 e. The van der Waals surface area contributed by atoms with Crippen LogP contribution >= 0.6 is 23.1 Å². The van der Waals surface area contributed by atoms with E-state index in [0.717, 1.165) is 29.7 Å². The minimum Gasteiger partial charge on any atom is -0.315 e. The Morgan fingerprint density at radius 1 is 1.43 bits per heavy atom. The minimum absolute atomic E-state index is 0.0800. The highest BCUT2D eigenvalue weighted by Crippen LogP contribution is 2.30. The molecule has 2 rings (SSSR count). The molecule has 1 heterocycles. The SMILES string of the molecule is CNCc1sc(S(=O)(=O)NC2CCCC(SC)C2)cc1C. The third kappa shape index (κ3) is 4.45. The van der Waals surface area contributed by atoms with E-state index < -0.39 is 10.0 Å². The number of aryl methyl sites for hydroxylation is 1. The molecule has 4 nitrogen and oxygen atoms in total. The van der Waals surface area contributed by atoms with Gasteiger partial charge in [-0.2, -0.15) is 11.8 Å². The summed E-state index contributed by atoms with van der Waals surface area (Å²) in [5, 5.41) is 3.66. The van der Waals surface area contributed by atoms with Crippen molar-refractivity contribution < 1.29 is 8.42 Å². The maximum Gasteiger partial charge on any atom is 0.250 e. The Hall–Kier alpha value is -0.0800. The van der Waals surface area contributed by atoms with Crippen molar-refractivity contribution in [2.75, 3.05) is 13.3 Å². The van der Waals surface area contributed by atoms with E-state index in [2.05, 4.69) is 16.3 Å². The molecule has 0 radical (unpaired) electrons. The maximum atomic E-state index is 12.5. The van der Waals surface area contributed by atoms with Crippen molar-refractivity contribution in [3.8, 4) is 0 Å². The Morgan fingerprint density at radius 2 is 2.19 bits per heavy atom. The maximum absolute atomic E-state index is 12.5. The number of hydrogen-bond donors (Lipinski definition) is 2. The zero-order valence-corrected chi connectivity index (χ0v) is 15.3. The first-order valence-corrected chi connectivity index (χ1v) is 10.8. The van der Waals surface area contributed by atoms with E-state index in [9.17, 15) is 8.42 Å². The lowest BCUT2D eigenvalue weighted by Crippen LogP contribution is -2.38. The van der Waals surface area contributed by atoms with Gasteiger partial charge >= 0.3 is 0 Å². The van der Waals surface area contributed by atoms with Crippen molar-refractivity contribution in [2.24, 2.45) is 0 Å². The third-order valence-corrected chi connectivity index (χ3v) is 8.21. The average Bonchev–Trinajstić information content (AvgIpc) is 2.81. The van der Waals surface area contributed by atoms with E-state index in [1.54, 1.807) is 6.07 Å². The zero-order valence-electron chi connectivity index (χ0n) is 12.8. The summed E-state index contributed by atoms with van der Waals surface area (Å²) >= 11 is 3.21. The van der Waals surface area contributed by atoms with Crippen LogP contribution in [0, 0.1) is 6.92 Å². The largest absolute Gasteiger partial charge is 0.315 e. The van der Waals surface area contributed by atoms with Crippen LogP contribution in [-0.2, 0) is 16.6 Å². The van der Waals surface area contributed by atoms with Gasteiger partial charge in [-0.1, -0.05) is 6.42 Å². The molecule has 0 spiro atoms. The van der Waals surface area contributed by atoms with Crippen molar-refractivity contribution >= 4 is 33.1 Å². The van der Waals surface area contributed by atoms with Gasteiger partial charge in [-0.05, 0) is 51.1 Å². The van der Waals surface area contributed by atoms with Gasteiger partial charge in [-0.15, -0.1) is 11.3 Å². The first-order chi connectivity index (χ1) is 9.96. The van der Waals surface area contributed by atoms with Crippen LogP contribution in [0.1, 0.15) is 36.1 Å². The molecule has 0 bridgehead atoms. The highest BCUT2D eigenvalue weighted by atomic mass is 32.2. The standard InChI is InChI=1S/C14H24N2O2S3/c1-10-7-14(20-13(10)9-15-2)21(17,18)16-11-5-4-6-12(8-11)19-3/h7,11-12,15-16H,4-6,8-9H2,1-3H3. The number of sulfonamides is 1. The number of hydrogen-bond acceptors (Lipinski definition) is 5. The predicted molar refractivity (Wildman–Crippen MR) is 91.7 cm³/mol. The van der Waals surface area contributed by atoms with Gasteiger partial charge in [-0.3, -0.25) is 0 Å². The highest BCUT2D eigenvalue weighted by Gasteiger charge is 2.27. The van der Waals surface area contributed by atoms with Crippen LogP contribution in [0.25, 0.3) is 0 Å². The summed E-state index contributed by atoms with van der Waals surface area (Å²) in [5.41, 5.74) is 1.04. The number of thioether (sulfide) groups is 1. The van der Waals surface area contributed by atoms with Crippen LogP contribution in [0.4, 0.5) is 0 Å². The molecule has 1 aromatic heterocycles. The van der Waals surface area contributed by atoms with E-state index in [1.165, 1.54) is 17.8 Å². The number of nitrogens with one attached hydrogen (secondary N) is 2. The van der Waals surface area contributed by atoms with Crippen LogP contribution < -0.4 is 10.0 Å². The molecule has 21 heavy (non-hydrogen) atoms. The normalized spacial score (nSPS) is 23.4. The van der Waals surface area contributed by atoms with Gasteiger partial charge in [0, 0.05) is 22.7 Å². The van der Waals surface area contributed by atoms with E-state index in [1.807, 2.05) is 25.7 Å². The summed E-state index contributed by atoms with van der Waals surface area (Å²) in [4.78, 5) is 1.09. The molecule has 2 N–H and O–H groups in total. The quantitative estimate of drug-likeness (QED) is 0.830.